The van der Waals surface area contributed by atoms with Crippen molar-refractivity contribution in [3.63, 3.8) is 0 Å². The Hall–Kier alpha value is -0.370. The Morgan fingerprint density at radius 2 is 2.36 bits per heavy atom. The lowest BCUT2D eigenvalue weighted by Gasteiger charge is -2.09. The monoisotopic (exact) mass is 168 g/mol. The van der Waals surface area contributed by atoms with Gasteiger partial charge in [-0.2, -0.15) is 0 Å². The van der Waals surface area contributed by atoms with Gasteiger partial charge in [-0.15, -0.1) is 11.3 Å². The summed E-state index contributed by atoms with van der Waals surface area (Å²) in [6.07, 6.45) is 2.98. The zero-order chi connectivity index (χ0) is 8.27. The molecule has 0 bridgehead atoms. The molecule has 2 heteroatoms. The molecule has 1 unspecified atom stereocenters. The summed E-state index contributed by atoms with van der Waals surface area (Å²) in [5, 5.41) is 3.17. The summed E-state index contributed by atoms with van der Waals surface area (Å²) in [7, 11) is 0. The zero-order valence-electron chi connectivity index (χ0n) is 7.08. The van der Waals surface area contributed by atoms with Crippen molar-refractivity contribution in [3.05, 3.63) is 23.5 Å². The molecule has 0 saturated heterocycles. The van der Waals surface area contributed by atoms with Crippen LogP contribution in [0.4, 0.5) is 0 Å². The molecule has 0 fully saturated rings. The standard InChI is InChI=1S/C9H14NS/c1-7(2)6-8(3)9-10-4-5-11-9/h4-5,7-8H,3,6H2,1-2H3. The molecule has 1 aromatic rings. The summed E-state index contributed by atoms with van der Waals surface area (Å²) in [5.41, 5.74) is 0. The average molecular weight is 168 g/mol. The lowest BCUT2D eigenvalue weighted by molar-refractivity contribution is 0.547. The van der Waals surface area contributed by atoms with Crippen molar-refractivity contribution >= 4 is 11.3 Å². The highest BCUT2D eigenvalue weighted by atomic mass is 32.1. The molecule has 11 heavy (non-hydrogen) atoms. The number of hydrogen-bond donors (Lipinski definition) is 0. The van der Waals surface area contributed by atoms with Gasteiger partial charge >= 0.3 is 0 Å². The van der Waals surface area contributed by atoms with E-state index in [1.807, 2.05) is 11.6 Å². The molecule has 61 valence electrons. The lowest BCUT2D eigenvalue weighted by Crippen LogP contribution is -1.97. The largest absolute Gasteiger partial charge is 0.249 e. The Kier molecular flexibility index (Phi) is 3.06. The van der Waals surface area contributed by atoms with Crippen molar-refractivity contribution < 1.29 is 0 Å². The molecular weight excluding hydrogens is 154 g/mol. The predicted molar refractivity (Wildman–Crippen MR) is 49.7 cm³/mol. The summed E-state index contributed by atoms with van der Waals surface area (Å²) in [4.78, 5) is 4.23. The maximum absolute atomic E-state index is 4.23. The van der Waals surface area contributed by atoms with E-state index in [1.54, 1.807) is 11.3 Å². The van der Waals surface area contributed by atoms with Gasteiger partial charge in [-0.1, -0.05) is 13.8 Å². The van der Waals surface area contributed by atoms with Crippen LogP contribution in [0, 0.1) is 12.8 Å². The van der Waals surface area contributed by atoms with Crippen molar-refractivity contribution in [1.82, 2.24) is 4.98 Å². The first-order chi connectivity index (χ1) is 5.20. The van der Waals surface area contributed by atoms with Crippen LogP contribution in [0.1, 0.15) is 31.2 Å². The summed E-state index contributed by atoms with van der Waals surface area (Å²) in [5.74, 6) is 1.09. The highest BCUT2D eigenvalue weighted by molar-refractivity contribution is 7.09. The van der Waals surface area contributed by atoms with E-state index >= 15 is 0 Å². The molecule has 1 aromatic heterocycles. The lowest BCUT2D eigenvalue weighted by atomic mass is 10.00. The third-order valence-corrected chi connectivity index (χ3v) is 2.49. The van der Waals surface area contributed by atoms with Crippen molar-refractivity contribution in [2.24, 2.45) is 5.92 Å². The maximum Gasteiger partial charge on any atom is 0.0955 e. The number of rotatable bonds is 3. The first-order valence-electron chi connectivity index (χ1n) is 3.92. The van der Waals surface area contributed by atoms with Crippen LogP contribution in [-0.4, -0.2) is 4.98 Å². The molecule has 1 rings (SSSR count). The molecule has 0 N–H and O–H groups in total. The number of aromatic nitrogens is 1. The van der Waals surface area contributed by atoms with Crippen LogP contribution in [0.15, 0.2) is 11.6 Å². The minimum absolute atomic E-state index is 0.384. The third kappa shape index (κ3) is 2.62. The molecular formula is C9H14NS. The second-order valence-electron chi connectivity index (χ2n) is 3.20. The summed E-state index contributed by atoms with van der Waals surface area (Å²) in [6.45, 7) is 8.50. The summed E-state index contributed by atoms with van der Waals surface area (Å²) < 4.78 is 0. The number of nitrogens with zero attached hydrogens (tertiary/aromatic N) is 1. The van der Waals surface area contributed by atoms with Gasteiger partial charge in [0, 0.05) is 17.5 Å². The van der Waals surface area contributed by atoms with E-state index in [0.29, 0.717) is 11.8 Å². The van der Waals surface area contributed by atoms with Crippen molar-refractivity contribution in [3.8, 4) is 0 Å². The molecule has 0 amide bonds. The minimum atomic E-state index is 0.384. The zero-order valence-corrected chi connectivity index (χ0v) is 7.90. The van der Waals surface area contributed by atoms with Crippen LogP contribution in [0.25, 0.3) is 0 Å². The first kappa shape index (κ1) is 8.72. The summed E-state index contributed by atoms with van der Waals surface area (Å²) >= 11 is 1.70. The Morgan fingerprint density at radius 1 is 1.64 bits per heavy atom. The van der Waals surface area contributed by atoms with Crippen LogP contribution in [-0.2, 0) is 0 Å². The maximum atomic E-state index is 4.23. The molecule has 1 nitrogen and oxygen atoms in total. The fourth-order valence-corrected chi connectivity index (χ4v) is 1.78. The van der Waals surface area contributed by atoms with E-state index in [1.165, 1.54) is 5.01 Å². The van der Waals surface area contributed by atoms with Crippen LogP contribution in [0.3, 0.4) is 0 Å². The second kappa shape index (κ2) is 3.86. The Balaban J connectivity index is 2.49. The van der Waals surface area contributed by atoms with Gasteiger partial charge in [0.2, 0.25) is 0 Å². The average Bonchev–Trinajstić information content (AvgIpc) is 2.35. The predicted octanol–water partition coefficient (Wildman–Crippen LogP) is 3.11. The fourth-order valence-electron chi connectivity index (χ4n) is 1.11. The topological polar surface area (TPSA) is 12.9 Å². The van der Waals surface area contributed by atoms with Gasteiger partial charge in [0.15, 0.2) is 0 Å². The van der Waals surface area contributed by atoms with Crippen LogP contribution < -0.4 is 0 Å². The molecule has 0 aliphatic rings. The van der Waals surface area contributed by atoms with Crippen LogP contribution in [0.5, 0.6) is 0 Å². The van der Waals surface area contributed by atoms with E-state index in [-0.39, 0.29) is 0 Å². The molecule has 1 radical (unpaired) electrons. The minimum Gasteiger partial charge on any atom is -0.249 e. The van der Waals surface area contributed by atoms with Gasteiger partial charge < -0.3 is 0 Å². The van der Waals surface area contributed by atoms with E-state index in [9.17, 15) is 0 Å². The molecule has 0 aromatic carbocycles. The summed E-state index contributed by atoms with van der Waals surface area (Å²) in [6, 6.07) is 0. The van der Waals surface area contributed by atoms with Crippen molar-refractivity contribution in [2.45, 2.75) is 26.2 Å². The molecule has 0 spiro atoms. The Labute approximate surface area is 72.5 Å². The second-order valence-corrected chi connectivity index (χ2v) is 4.12. The quantitative estimate of drug-likeness (QED) is 0.675. The van der Waals surface area contributed by atoms with Crippen LogP contribution in [0.2, 0.25) is 0 Å². The normalized spacial score (nSPS) is 13.8. The fraction of sp³-hybridized carbons (Fsp3) is 0.556. The van der Waals surface area contributed by atoms with E-state index in [4.69, 9.17) is 0 Å². The van der Waals surface area contributed by atoms with Gasteiger partial charge in [0.1, 0.15) is 0 Å². The highest BCUT2D eigenvalue weighted by Gasteiger charge is 2.09. The van der Waals surface area contributed by atoms with E-state index < -0.39 is 0 Å². The van der Waals surface area contributed by atoms with Gasteiger partial charge in [0.25, 0.3) is 0 Å². The number of hydrogen-bond acceptors (Lipinski definition) is 2. The SMILES string of the molecule is [CH2]C(CC(C)C)c1nccs1. The Bertz CT molecular complexity index is 191. The molecule has 1 heterocycles. The molecule has 0 saturated carbocycles. The van der Waals surface area contributed by atoms with E-state index in [2.05, 4.69) is 25.8 Å². The van der Waals surface area contributed by atoms with Gasteiger partial charge in [-0.25, -0.2) is 4.98 Å². The highest BCUT2D eigenvalue weighted by Crippen LogP contribution is 2.23. The Morgan fingerprint density at radius 3 is 2.82 bits per heavy atom. The van der Waals surface area contributed by atoms with Gasteiger partial charge in [0.05, 0.1) is 5.01 Å². The number of thiazole rings is 1. The van der Waals surface area contributed by atoms with Crippen LogP contribution >= 0.6 is 11.3 Å². The smallest absolute Gasteiger partial charge is 0.0955 e. The first-order valence-corrected chi connectivity index (χ1v) is 4.80. The van der Waals surface area contributed by atoms with Gasteiger partial charge in [-0.05, 0) is 19.3 Å². The van der Waals surface area contributed by atoms with Gasteiger partial charge in [-0.3, -0.25) is 0 Å². The third-order valence-electron chi connectivity index (χ3n) is 1.56. The molecule has 0 aliphatic carbocycles. The molecule has 0 aliphatic heterocycles. The van der Waals surface area contributed by atoms with Crippen molar-refractivity contribution in [2.75, 3.05) is 0 Å². The molecule has 1 atom stereocenters. The van der Waals surface area contributed by atoms with Crippen molar-refractivity contribution in [1.29, 1.82) is 0 Å². The van der Waals surface area contributed by atoms with E-state index in [0.717, 1.165) is 6.42 Å².